The normalized spacial score (nSPS) is 11.5. The van der Waals surface area contributed by atoms with Gasteiger partial charge in [-0.1, -0.05) is 164 Å². The van der Waals surface area contributed by atoms with Crippen molar-refractivity contribution in [3.05, 3.63) is 178 Å². The van der Waals surface area contributed by atoms with Crippen LogP contribution in [-0.4, -0.2) is 36.0 Å². The van der Waals surface area contributed by atoms with E-state index in [1.807, 2.05) is 77.4 Å². The fraction of sp³-hybridized carbons (Fsp3) is 0.146. The molecule has 49 heavy (non-hydrogen) atoms. The first-order valence-electron chi connectivity index (χ1n) is 16.5. The van der Waals surface area contributed by atoms with Crippen LogP contribution in [0.2, 0.25) is 5.15 Å². The first kappa shape index (κ1) is 31.9. The average Bonchev–Trinajstić information content (AvgIpc) is 3.77. The third-order valence-electron chi connectivity index (χ3n) is 8.94. The van der Waals surface area contributed by atoms with Gasteiger partial charge in [-0.2, -0.15) is 0 Å². The van der Waals surface area contributed by atoms with Gasteiger partial charge < -0.3 is 4.57 Å². The second-order valence-electron chi connectivity index (χ2n) is 12.0. The van der Waals surface area contributed by atoms with E-state index in [9.17, 15) is 4.79 Å². The molecule has 2 aromatic heterocycles. The lowest BCUT2D eigenvalue weighted by Crippen LogP contribution is -2.39. The molecular formula is C41H35ClN6O. The van der Waals surface area contributed by atoms with Crippen molar-refractivity contribution in [2.45, 2.75) is 38.3 Å². The molecule has 0 fully saturated rings. The number of carbonyl (C=O) groups excluding carboxylic acids is 1. The van der Waals surface area contributed by atoms with E-state index in [0.29, 0.717) is 17.5 Å². The van der Waals surface area contributed by atoms with Crippen LogP contribution in [-0.2, 0) is 18.5 Å². The number of aryl methyl sites for hydroxylation is 1. The maximum Gasteiger partial charge on any atom is 0.205 e. The molecule has 0 spiro atoms. The Balaban J connectivity index is 1.28. The summed E-state index contributed by atoms with van der Waals surface area (Å²) in [5.74, 6) is 1.36. The zero-order chi connectivity index (χ0) is 33.6. The van der Waals surface area contributed by atoms with Gasteiger partial charge in [-0.25, -0.2) is 4.98 Å². The Labute approximate surface area is 290 Å². The minimum atomic E-state index is -0.861. The quantitative estimate of drug-likeness (QED) is 0.0964. The number of imidazole rings is 1. The predicted molar refractivity (Wildman–Crippen MR) is 194 cm³/mol. The van der Waals surface area contributed by atoms with E-state index in [1.165, 1.54) is 0 Å². The van der Waals surface area contributed by atoms with E-state index >= 15 is 0 Å². The maximum absolute atomic E-state index is 11.6. The zero-order valence-corrected chi connectivity index (χ0v) is 27.9. The summed E-state index contributed by atoms with van der Waals surface area (Å²) in [6.07, 6.45) is 3.50. The summed E-state index contributed by atoms with van der Waals surface area (Å²) in [5.41, 5.74) is 6.44. The van der Waals surface area contributed by atoms with Crippen molar-refractivity contribution >= 4 is 17.9 Å². The minimum Gasteiger partial charge on any atom is -0.314 e. The number of aromatic nitrogens is 6. The molecule has 7 nitrogen and oxygen atoms in total. The zero-order valence-electron chi connectivity index (χ0n) is 27.2. The van der Waals surface area contributed by atoms with Gasteiger partial charge >= 0.3 is 0 Å². The van der Waals surface area contributed by atoms with Gasteiger partial charge in [0.15, 0.2) is 11.8 Å². The Morgan fingerprint density at radius 2 is 1.27 bits per heavy atom. The SMILES string of the molecule is CCCCc1nc(C=O)c(Cl)n1Cc1ccc(-c2ccccc2-c2nnn(C(c3ccccc3)(c3ccccc3)c3ccccc3)n2)cc1. The van der Waals surface area contributed by atoms with Crippen molar-refractivity contribution in [1.82, 2.24) is 29.8 Å². The van der Waals surface area contributed by atoms with Crippen molar-refractivity contribution in [1.29, 1.82) is 0 Å². The number of halogens is 1. The molecule has 7 rings (SSSR count). The van der Waals surface area contributed by atoms with Crippen molar-refractivity contribution < 1.29 is 4.79 Å². The van der Waals surface area contributed by atoms with Gasteiger partial charge in [-0.15, -0.1) is 15.0 Å². The highest BCUT2D eigenvalue weighted by Gasteiger charge is 2.41. The summed E-state index contributed by atoms with van der Waals surface area (Å²) >= 11 is 6.57. The number of rotatable bonds is 12. The van der Waals surface area contributed by atoms with Gasteiger partial charge in [0.25, 0.3) is 0 Å². The number of carbonyl (C=O) groups is 1. The van der Waals surface area contributed by atoms with Crippen molar-refractivity contribution in [2.75, 3.05) is 0 Å². The van der Waals surface area contributed by atoms with E-state index in [2.05, 4.69) is 78.6 Å². The van der Waals surface area contributed by atoms with Crippen LogP contribution >= 0.6 is 11.6 Å². The number of tetrazole rings is 1. The Hall–Kier alpha value is -5.66. The Morgan fingerprint density at radius 1 is 0.714 bits per heavy atom. The van der Waals surface area contributed by atoms with Crippen LogP contribution < -0.4 is 0 Å². The number of aldehydes is 1. The summed E-state index contributed by atoms with van der Waals surface area (Å²) in [6, 6.07) is 47.5. The molecule has 0 amide bonds. The summed E-state index contributed by atoms with van der Waals surface area (Å²) in [4.78, 5) is 17.8. The van der Waals surface area contributed by atoms with Crippen LogP contribution in [0.25, 0.3) is 22.5 Å². The molecule has 0 saturated heterocycles. The molecule has 8 heteroatoms. The summed E-state index contributed by atoms with van der Waals surface area (Å²) in [6.45, 7) is 2.66. The number of nitrogens with zero attached hydrogens (tertiary/aromatic N) is 6. The van der Waals surface area contributed by atoms with E-state index < -0.39 is 5.54 Å². The first-order valence-corrected chi connectivity index (χ1v) is 16.9. The number of unbranched alkanes of at least 4 members (excludes halogenated alkanes) is 1. The Kier molecular flexibility index (Phi) is 9.26. The van der Waals surface area contributed by atoms with E-state index in [0.717, 1.165) is 70.3 Å². The molecular weight excluding hydrogens is 628 g/mol. The molecule has 2 heterocycles. The van der Waals surface area contributed by atoms with Crippen molar-refractivity contribution in [3.63, 3.8) is 0 Å². The molecule has 0 aliphatic rings. The molecule has 0 bridgehead atoms. The molecule has 0 aliphatic heterocycles. The predicted octanol–water partition coefficient (Wildman–Crippen LogP) is 8.90. The van der Waals surface area contributed by atoms with E-state index in [4.69, 9.17) is 27.0 Å². The molecule has 242 valence electrons. The fourth-order valence-electron chi connectivity index (χ4n) is 6.51. The topological polar surface area (TPSA) is 78.5 Å². The number of hydrogen-bond acceptors (Lipinski definition) is 5. The largest absolute Gasteiger partial charge is 0.314 e. The van der Waals surface area contributed by atoms with Crippen molar-refractivity contribution in [2.24, 2.45) is 0 Å². The maximum atomic E-state index is 11.6. The lowest BCUT2D eigenvalue weighted by molar-refractivity contribution is 0.111. The summed E-state index contributed by atoms with van der Waals surface area (Å²) < 4.78 is 1.94. The molecule has 7 aromatic rings. The molecule has 5 aromatic carbocycles. The van der Waals surface area contributed by atoms with E-state index in [-0.39, 0.29) is 5.69 Å². The average molecular weight is 663 g/mol. The highest BCUT2D eigenvalue weighted by atomic mass is 35.5. The van der Waals surface area contributed by atoms with Gasteiger partial charge in [0.2, 0.25) is 5.82 Å². The van der Waals surface area contributed by atoms with Gasteiger partial charge in [0, 0.05) is 12.0 Å². The van der Waals surface area contributed by atoms with Crippen LogP contribution in [0.5, 0.6) is 0 Å². The third kappa shape index (κ3) is 6.09. The second-order valence-corrected chi connectivity index (χ2v) is 12.3. The Bertz CT molecular complexity index is 2060. The van der Waals surface area contributed by atoms with Gasteiger partial charge in [-0.05, 0) is 45.0 Å². The van der Waals surface area contributed by atoms with Crippen LogP contribution in [0.15, 0.2) is 140 Å². The smallest absolute Gasteiger partial charge is 0.205 e. The standard InChI is InChI=1S/C41H35ClN6O/c1-2-3-23-38-43-37(29-49)39(42)47(38)28-30-24-26-31(27-25-30)35-21-13-14-22-36(35)40-44-46-48(45-40)41(32-15-7-4-8-16-32,33-17-9-5-10-18-33)34-19-11-6-12-20-34/h4-22,24-27,29H,2-3,23,28H2,1H3. The molecule has 0 radical (unpaired) electrons. The highest BCUT2D eigenvalue weighted by Crippen LogP contribution is 2.40. The third-order valence-corrected chi connectivity index (χ3v) is 9.33. The highest BCUT2D eigenvalue weighted by molar-refractivity contribution is 6.31. The lowest BCUT2D eigenvalue weighted by Gasteiger charge is -2.34. The van der Waals surface area contributed by atoms with Crippen LogP contribution in [0.1, 0.15) is 58.3 Å². The summed E-state index contributed by atoms with van der Waals surface area (Å²) in [5, 5.41) is 15.0. The van der Waals surface area contributed by atoms with Gasteiger partial charge in [0.05, 0.1) is 6.54 Å². The molecule has 0 aliphatic carbocycles. The summed E-state index contributed by atoms with van der Waals surface area (Å²) in [7, 11) is 0. The van der Waals surface area contributed by atoms with E-state index in [1.54, 1.807) is 4.80 Å². The minimum absolute atomic E-state index is 0.287. The van der Waals surface area contributed by atoms with Crippen molar-refractivity contribution in [3.8, 4) is 22.5 Å². The monoisotopic (exact) mass is 662 g/mol. The van der Waals surface area contributed by atoms with Crippen LogP contribution in [0.3, 0.4) is 0 Å². The molecule has 0 saturated carbocycles. The fourth-order valence-corrected chi connectivity index (χ4v) is 6.75. The van der Waals surface area contributed by atoms with Gasteiger partial charge in [-0.3, -0.25) is 4.79 Å². The number of hydrogen-bond donors (Lipinski definition) is 0. The molecule has 0 unspecified atom stereocenters. The molecule has 0 N–H and O–H groups in total. The van der Waals surface area contributed by atoms with Crippen LogP contribution in [0.4, 0.5) is 0 Å². The Morgan fingerprint density at radius 3 is 1.82 bits per heavy atom. The second kappa shape index (κ2) is 14.2. The lowest BCUT2D eigenvalue weighted by atomic mass is 9.77. The molecule has 0 atom stereocenters. The van der Waals surface area contributed by atoms with Gasteiger partial charge in [0.1, 0.15) is 16.7 Å². The number of benzene rings is 5. The van der Waals surface area contributed by atoms with Crippen LogP contribution in [0, 0.1) is 0 Å². The first-order chi connectivity index (χ1) is 24.1.